The minimum atomic E-state index is -0.0543. The van der Waals surface area contributed by atoms with Gasteiger partial charge in [-0.15, -0.1) is 0 Å². The highest BCUT2D eigenvalue weighted by Gasteiger charge is 2.41. The van der Waals surface area contributed by atoms with Crippen molar-refractivity contribution in [3.05, 3.63) is 59.2 Å². The molecule has 0 bridgehead atoms. The van der Waals surface area contributed by atoms with E-state index < -0.39 is 0 Å². The van der Waals surface area contributed by atoms with Crippen molar-refractivity contribution in [2.75, 3.05) is 7.11 Å². The molecular weight excluding hydrogens is 280 g/mol. The van der Waals surface area contributed by atoms with Crippen molar-refractivity contribution >= 4 is 11.6 Å². The molecule has 5 nitrogen and oxygen atoms in total. The molecule has 2 aromatic rings. The van der Waals surface area contributed by atoms with E-state index in [1.165, 1.54) is 7.11 Å². The number of phenols is 1. The molecule has 0 saturated heterocycles. The molecular formula is C17H14N2O3. The molecule has 2 aliphatic heterocycles. The van der Waals surface area contributed by atoms with Gasteiger partial charge in [0.15, 0.2) is 11.5 Å². The van der Waals surface area contributed by atoms with Crippen LogP contribution in [0.25, 0.3) is 0 Å². The van der Waals surface area contributed by atoms with E-state index in [9.17, 15) is 9.90 Å². The lowest BCUT2D eigenvalue weighted by atomic mass is 9.98. The molecule has 1 amide bonds. The SMILES string of the molecule is COc1cc(C2=NN3C(=O)c4ccccc4C3C2)ccc1O. The Labute approximate surface area is 127 Å². The van der Waals surface area contributed by atoms with E-state index in [0.29, 0.717) is 12.2 Å². The van der Waals surface area contributed by atoms with E-state index in [2.05, 4.69) is 5.10 Å². The van der Waals surface area contributed by atoms with E-state index in [1.54, 1.807) is 23.2 Å². The molecule has 4 rings (SSSR count). The van der Waals surface area contributed by atoms with Crippen LogP contribution in [-0.4, -0.2) is 28.8 Å². The first-order valence-electron chi connectivity index (χ1n) is 7.06. The average molecular weight is 294 g/mol. The van der Waals surface area contributed by atoms with Crippen LogP contribution in [0.5, 0.6) is 11.5 Å². The summed E-state index contributed by atoms with van der Waals surface area (Å²) in [6, 6.07) is 12.7. The molecule has 110 valence electrons. The third-order valence-electron chi connectivity index (χ3n) is 4.18. The molecule has 5 heteroatoms. The number of nitrogens with zero attached hydrogens (tertiary/aromatic N) is 2. The lowest BCUT2D eigenvalue weighted by Gasteiger charge is -2.10. The van der Waals surface area contributed by atoms with Crippen molar-refractivity contribution in [3.63, 3.8) is 0 Å². The van der Waals surface area contributed by atoms with Gasteiger partial charge in [0.1, 0.15) is 0 Å². The fourth-order valence-corrected chi connectivity index (χ4v) is 3.08. The minimum Gasteiger partial charge on any atom is -0.504 e. The van der Waals surface area contributed by atoms with Gasteiger partial charge in [0, 0.05) is 17.5 Å². The first-order chi connectivity index (χ1) is 10.7. The molecule has 1 unspecified atom stereocenters. The number of amides is 1. The number of carbonyl (C=O) groups excluding carboxylic acids is 1. The molecule has 2 aliphatic rings. The van der Waals surface area contributed by atoms with Crippen molar-refractivity contribution in [2.24, 2.45) is 5.10 Å². The summed E-state index contributed by atoms with van der Waals surface area (Å²) in [5, 5.41) is 15.7. The molecule has 0 radical (unpaired) electrons. The van der Waals surface area contributed by atoms with Crippen molar-refractivity contribution in [3.8, 4) is 11.5 Å². The van der Waals surface area contributed by atoms with Crippen molar-refractivity contribution < 1.29 is 14.6 Å². The molecule has 1 N–H and O–H groups in total. The first kappa shape index (κ1) is 12.9. The number of methoxy groups -OCH3 is 1. The zero-order chi connectivity index (χ0) is 15.3. The predicted octanol–water partition coefficient (Wildman–Crippen LogP) is 2.71. The molecule has 1 atom stereocenters. The molecule has 2 heterocycles. The number of benzene rings is 2. The number of carbonyl (C=O) groups is 1. The first-order valence-corrected chi connectivity index (χ1v) is 7.06. The van der Waals surface area contributed by atoms with Gasteiger partial charge in [0.2, 0.25) is 0 Å². The average Bonchev–Trinajstić information content (AvgIpc) is 3.09. The number of hydrogen-bond acceptors (Lipinski definition) is 4. The van der Waals surface area contributed by atoms with E-state index >= 15 is 0 Å². The lowest BCUT2D eigenvalue weighted by molar-refractivity contribution is 0.0756. The Kier molecular flexibility index (Phi) is 2.69. The predicted molar refractivity (Wildman–Crippen MR) is 81.2 cm³/mol. The van der Waals surface area contributed by atoms with Gasteiger partial charge in [-0.1, -0.05) is 18.2 Å². The van der Waals surface area contributed by atoms with Gasteiger partial charge in [-0.25, -0.2) is 5.01 Å². The number of hydrogen-bond donors (Lipinski definition) is 1. The minimum absolute atomic E-state index is 0.0292. The van der Waals surface area contributed by atoms with Gasteiger partial charge in [-0.2, -0.15) is 5.10 Å². The van der Waals surface area contributed by atoms with E-state index in [-0.39, 0.29) is 17.7 Å². The zero-order valence-corrected chi connectivity index (χ0v) is 12.0. The monoisotopic (exact) mass is 294 g/mol. The van der Waals surface area contributed by atoms with E-state index in [0.717, 1.165) is 22.4 Å². The topological polar surface area (TPSA) is 62.1 Å². The number of rotatable bonds is 2. The Morgan fingerprint density at radius 2 is 2.09 bits per heavy atom. The number of phenolic OH excluding ortho intramolecular Hbond substituents is 1. The normalized spacial score (nSPS) is 19.0. The van der Waals surface area contributed by atoms with Gasteiger partial charge in [0.25, 0.3) is 5.91 Å². The highest BCUT2D eigenvalue weighted by molar-refractivity contribution is 6.07. The van der Waals surface area contributed by atoms with Crippen LogP contribution >= 0.6 is 0 Å². The molecule has 0 saturated carbocycles. The standard InChI is InChI=1S/C17H14N2O3/c1-22-16-8-10(6-7-15(16)20)13-9-14-11-4-2-3-5-12(11)17(21)19(14)18-13/h2-8,14,20H,9H2,1H3. The molecule has 0 spiro atoms. The van der Waals surface area contributed by atoms with Crippen LogP contribution in [0, 0.1) is 0 Å². The second-order valence-corrected chi connectivity index (χ2v) is 5.39. The third kappa shape index (κ3) is 1.72. The Hall–Kier alpha value is -2.82. The summed E-state index contributed by atoms with van der Waals surface area (Å²) in [7, 11) is 1.51. The Balaban J connectivity index is 1.71. The third-order valence-corrected chi connectivity index (χ3v) is 4.18. The molecule has 0 aliphatic carbocycles. The fraction of sp³-hybridized carbons (Fsp3) is 0.176. The van der Waals surface area contributed by atoms with Crippen LogP contribution in [0.4, 0.5) is 0 Å². The summed E-state index contributed by atoms with van der Waals surface area (Å²) in [4.78, 5) is 12.4. The Bertz CT molecular complexity index is 813. The molecule has 22 heavy (non-hydrogen) atoms. The summed E-state index contributed by atoms with van der Waals surface area (Å²) in [5.41, 5.74) is 3.44. The summed E-state index contributed by atoms with van der Waals surface area (Å²) in [6.07, 6.45) is 0.663. The maximum absolute atomic E-state index is 12.4. The number of fused-ring (bicyclic) bond motifs is 3. The second kappa shape index (κ2) is 4.59. The van der Waals surface area contributed by atoms with Crippen LogP contribution in [0.15, 0.2) is 47.6 Å². The van der Waals surface area contributed by atoms with Crippen molar-refractivity contribution in [1.82, 2.24) is 5.01 Å². The van der Waals surface area contributed by atoms with Crippen LogP contribution in [0.2, 0.25) is 0 Å². The molecule has 2 aromatic carbocycles. The maximum atomic E-state index is 12.4. The number of hydrazone groups is 1. The zero-order valence-electron chi connectivity index (χ0n) is 12.0. The highest BCUT2D eigenvalue weighted by Crippen LogP contribution is 2.41. The van der Waals surface area contributed by atoms with E-state index in [4.69, 9.17) is 4.74 Å². The fourth-order valence-electron chi connectivity index (χ4n) is 3.08. The second-order valence-electron chi connectivity index (χ2n) is 5.39. The highest BCUT2D eigenvalue weighted by atomic mass is 16.5. The van der Waals surface area contributed by atoms with Crippen LogP contribution < -0.4 is 4.74 Å². The summed E-state index contributed by atoms with van der Waals surface area (Å²) in [5.74, 6) is 0.437. The van der Waals surface area contributed by atoms with Gasteiger partial charge in [-0.3, -0.25) is 4.79 Å². The number of aromatic hydroxyl groups is 1. The lowest BCUT2D eigenvalue weighted by Crippen LogP contribution is -2.17. The van der Waals surface area contributed by atoms with Gasteiger partial charge >= 0.3 is 0 Å². The number of ether oxygens (including phenoxy) is 1. The van der Waals surface area contributed by atoms with Crippen molar-refractivity contribution in [1.29, 1.82) is 0 Å². The molecule has 0 fully saturated rings. The Morgan fingerprint density at radius 1 is 1.27 bits per heavy atom. The van der Waals surface area contributed by atoms with Crippen LogP contribution in [0.1, 0.15) is 33.9 Å². The smallest absolute Gasteiger partial charge is 0.274 e. The largest absolute Gasteiger partial charge is 0.504 e. The van der Waals surface area contributed by atoms with E-state index in [1.807, 2.05) is 24.3 Å². The van der Waals surface area contributed by atoms with Gasteiger partial charge in [-0.05, 0) is 29.8 Å². The van der Waals surface area contributed by atoms with Crippen molar-refractivity contribution in [2.45, 2.75) is 12.5 Å². The summed E-state index contributed by atoms with van der Waals surface area (Å²) >= 11 is 0. The van der Waals surface area contributed by atoms with Gasteiger partial charge in [0.05, 0.1) is 18.9 Å². The molecule has 0 aromatic heterocycles. The van der Waals surface area contributed by atoms with Crippen LogP contribution in [-0.2, 0) is 0 Å². The quantitative estimate of drug-likeness (QED) is 0.926. The Morgan fingerprint density at radius 3 is 2.91 bits per heavy atom. The summed E-state index contributed by atoms with van der Waals surface area (Å²) < 4.78 is 5.13. The van der Waals surface area contributed by atoms with Gasteiger partial charge < -0.3 is 9.84 Å². The summed E-state index contributed by atoms with van der Waals surface area (Å²) in [6.45, 7) is 0. The van der Waals surface area contributed by atoms with Crippen LogP contribution in [0.3, 0.4) is 0 Å². The maximum Gasteiger partial charge on any atom is 0.274 e.